The first-order chi connectivity index (χ1) is 12.8. The minimum atomic E-state index is -0.444. The Kier molecular flexibility index (Phi) is 5.28. The lowest BCUT2D eigenvalue weighted by Crippen LogP contribution is -2.27. The molecule has 134 valence electrons. The number of pyridine rings is 1. The molecule has 0 bridgehead atoms. The number of piperidine rings is 1. The second-order valence-electron chi connectivity index (χ2n) is 7.27. The highest BCUT2D eigenvalue weighted by atomic mass is 16.3. The minimum absolute atomic E-state index is 0.444. The summed E-state index contributed by atoms with van der Waals surface area (Å²) in [5, 5.41) is 15.5. The van der Waals surface area contributed by atoms with Gasteiger partial charge >= 0.3 is 0 Å². The van der Waals surface area contributed by atoms with Crippen LogP contribution >= 0.6 is 0 Å². The van der Waals surface area contributed by atoms with E-state index in [1.54, 1.807) is 0 Å². The Morgan fingerprint density at radius 3 is 2.54 bits per heavy atom. The summed E-state index contributed by atoms with van der Waals surface area (Å²) in [7, 11) is 0. The maximum absolute atomic E-state index is 11.0. The molecule has 1 aliphatic rings. The number of nitrogens with one attached hydrogen (secondary N) is 1. The van der Waals surface area contributed by atoms with E-state index in [2.05, 4.69) is 29.6 Å². The molecule has 0 aliphatic carbocycles. The smallest absolute Gasteiger partial charge is 0.0797 e. The molecular formula is C23H26N2O. The average Bonchev–Trinajstić information content (AvgIpc) is 2.72. The predicted octanol–water partition coefficient (Wildman–Crippen LogP) is 4.72. The van der Waals surface area contributed by atoms with Gasteiger partial charge in [-0.25, -0.2) is 4.98 Å². The number of nitrogens with zero attached hydrogens (tertiary/aromatic N) is 1. The molecule has 0 spiro atoms. The number of aromatic nitrogens is 1. The van der Waals surface area contributed by atoms with E-state index in [0.717, 1.165) is 59.6 Å². The van der Waals surface area contributed by atoms with Crippen molar-refractivity contribution in [1.82, 2.24) is 10.3 Å². The molecular weight excluding hydrogens is 320 g/mol. The van der Waals surface area contributed by atoms with E-state index in [-0.39, 0.29) is 0 Å². The first kappa shape index (κ1) is 17.2. The molecule has 4 rings (SSSR count). The molecule has 2 N–H and O–H groups in total. The summed E-state index contributed by atoms with van der Waals surface area (Å²) in [6, 6.07) is 20.4. The van der Waals surface area contributed by atoms with Crippen LogP contribution in [0, 0.1) is 5.92 Å². The van der Waals surface area contributed by atoms with Gasteiger partial charge in [-0.05, 0) is 62.4 Å². The van der Waals surface area contributed by atoms with Gasteiger partial charge in [0.25, 0.3) is 0 Å². The molecule has 1 fully saturated rings. The molecule has 3 nitrogen and oxygen atoms in total. The van der Waals surface area contributed by atoms with Crippen molar-refractivity contribution in [2.24, 2.45) is 5.92 Å². The monoisotopic (exact) mass is 346 g/mol. The third kappa shape index (κ3) is 3.79. The Morgan fingerprint density at radius 2 is 1.73 bits per heavy atom. The van der Waals surface area contributed by atoms with Crippen molar-refractivity contribution in [1.29, 1.82) is 0 Å². The summed E-state index contributed by atoms with van der Waals surface area (Å²) in [6.45, 7) is 2.22. The van der Waals surface area contributed by atoms with Crippen molar-refractivity contribution in [2.45, 2.75) is 31.8 Å². The zero-order valence-electron chi connectivity index (χ0n) is 15.1. The van der Waals surface area contributed by atoms with Crippen molar-refractivity contribution >= 4 is 10.9 Å². The van der Waals surface area contributed by atoms with E-state index in [1.165, 1.54) is 12.8 Å². The van der Waals surface area contributed by atoms with Crippen LogP contribution in [0.5, 0.6) is 0 Å². The number of para-hydroxylation sites is 1. The summed E-state index contributed by atoms with van der Waals surface area (Å²) in [6.07, 6.45) is 3.89. The minimum Gasteiger partial charge on any atom is -0.388 e. The second kappa shape index (κ2) is 7.98. The fraction of sp³-hybridized carbons (Fsp3) is 0.348. The maximum atomic E-state index is 11.0. The molecule has 3 heteroatoms. The molecule has 0 amide bonds. The molecule has 1 atom stereocenters. The van der Waals surface area contributed by atoms with Crippen LogP contribution in [0.2, 0.25) is 0 Å². The highest BCUT2D eigenvalue weighted by Gasteiger charge is 2.18. The number of benzene rings is 2. The molecule has 2 heterocycles. The Bertz CT molecular complexity index is 856. The van der Waals surface area contributed by atoms with Crippen molar-refractivity contribution in [3.63, 3.8) is 0 Å². The molecule has 26 heavy (non-hydrogen) atoms. The van der Waals surface area contributed by atoms with Crippen molar-refractivity contribution in [3.8, 4) is 11.3 Å². The van der Waals surface area contributed by atoms with Gasteiger partial charge in [0.05, 0.1) is 17.3 Å². The Morgan fingerprint density at radius 1 is 1.00 bits per heavy atom. The van der Waals surface area contributed by atoms with Gasteiger partial charge in [0, 0.05) is 10.9 Å². The number of fused-ring (bicyclic) bond motifs is 1. The highest BCUT2D eigenvalue weighted by Crippen LogP contribution is 2.32. The summed E-state index contributed by atoms with van der Waals surface area (Å²) >= 11 is 0. The van der Waals surface area contributed by atoms with Gasteiger partial charge in [-0.2, -0.15) is 0 Å². The van der Waals surface area contributed by atoms with E-state index in [4.69, 9.17) is 4.98 Å². The first-order valence-corrected chi connectivity index (χ1v) is 9.65. The van der Waals surface area contributed by atoms with Gasteiger partial charge in [0.1, 0.15) is 0 Å². The van der Waals surface area contributed by atoms with Gasteiger partial charge in [-0.3, -0.25) is 0 Å². The van der Waals surface area contributed by atoms with Crippen LogP contribution in [0.1, 0.15) is 37.4 Å². The van der Waals surface area contributed by atoms with Crippen molar-refractivity contribution in [2.75, 3.05) is 13.1 Å². The van der Waals surface area contributed by atoms with Gasteiger partial charge in [-0.15, -0.1) is 0 Å². The molecule has 1 aromatic heterocycles. The molecule has 1 unspecified atom stereocenters. The lowest BCUT2D eigenvalue weighted by molar-refractivity contribution is 0.154. The molecule has 3 aromatic rings. The zero-order valence-corrected chi connectivity index (χ0v) is 15.1. The Balaban J connectivity index is 1.64. The number of hydrogen-bond donors (Lipinski definition) is 2. The summed E-state index contributed by atoms with van der Waals surface area (Å²) in [4.78, 5) is 4.82. The standard InChI is InChI=1S/C23H26N2O/c26-23(11-10-17-12-14-24-15-13-17)20-16-22(18-6-2-1-3-7-18)25-21-9-5-4-8-19(20)21/h1-9,16-17,23-24,26H,10-15H2. The van der Waals surface area contributed by atoms with Crippen LogP contribution in [-0.4, -0.2) is 23.2 Å². The van der Waals surface area contributed by atoms with E-state index in [9.17, 15) is 5.11 Å². The number of hydrogen-bond acceptors (Lipinski definition) is 3. The Labute approximate surface area is 155 Å². The summed E-state index contributed by atoms with van der Waals surface area (Å²) < 4.78 is 0. The van der Waals surface area contributed by atoms with Gasteiger partial charge < -0.3 is 10.4 Å². The highest BCUT2D eigenvalue weighted by molar-refractivity contribution is 5.85. The normalized spacial score (nSPS) is 16.7. The zero-order chi connectivity index (χ0) is 17.8. The quantitative estimate of drug-likeness (QED) is 0.703. The molecule has 0 radical (unpaired) electrons. The van der Waals surface area contributed by atoms with Crippen LogP contribution in [-0.2, 0) is 0 Å². The fourth-order valence-electron chi connectivity index (χ4n) is 3.95. The largest absolute Gasteiger partial charge is 0.388 e. The van der Waals surface area contributed by atoms with E-state index in [0.29, 0.717) is 0 Å². The topological polar surface area (TPSA) is 45.1 Å². The van der Waals surface area contributed by atoms with Crippen molar-refractivity contribution < 1.29 is 5.11 Å². The summed E-state index contributed by atoms with van der Waals surface area (Å²) in [5.41, 5.74) is 3.97. The molecule has 2 aromatic carbocycles. The second-order valence-corrected chi connectivity index (χ2v) is 7.27. The van der Waals surface area contributed by atoms with Crippen LogP contribution in [0.25, 0.3) is 22.2 Å². The Hall–Kier alpha value is -2.23. The van der Waals surface area contributed by atoms with Crippen LogP contribution in [0.15, 0.2) is 60.7 Å². The van der Waals surface area contributed by atoms with Crippen LogP contribution < -0.4 is 5.32 Å². The van der Waals surface area contributed by atoms with Crippen LogP contribution in [0.4, 0.5) is 0 Å². The molecule has 1 aliphatic heterocycles. The number of rotatable bonds is 5. The predicted molar refractivity (Wildman–Crippen MR) is 107 cm³/mol. The van der Waals surface area contributed by atoms with E-state index >= 15 is 0 Å². The van der Waals surface area contributed by atoms with E-state index in [1.807, 2.05) is 36.4 Å². The molecule has 1 saturated heterocycles. The first-order valence-electron chi connectivity index (χ1n) is 9.65. The number of aliphatic hydroxyl groups excluding tert-OH is 1. The third-order valence-corrected chi connectivity index (χ3v) is 5.48. The number of aliphatic hydroxyl groups is 1. The lowest BCUT2D eigenvalue weighted by Gasteiger charge is -2.24. The van der Waals surface area contributed by atoms with Crippen LogP contribution in [0.3, 0.4) is 0 Å². The average molecular weight is 346 g/mol. The fourth-order valence-corrected chi connectivity index (χ4v) is 3.95. The van der Waals surface area contributed by atoms with Crippen molar-refractivity contribution in [3.05, 3.63) is 66.2 Å². The third-order valence-electron chi connectivity index (χ3n) is 5.48. The molecule has 0 saturated carbocycles. The maximum Gasteiger partial charge on any atom is 0.0797 e. The van der Waals surface area contributed by atoms with Gasteiger partial charge in [-0.1, -0.05) is 48.5 Å². The van der Waals surface area contributed by atoms with Gasteiger partial charge in [0.15, 0.2) is 0 Å². The lowest BCUT2D eigenvalue weighted by atomic mass is 9.89. The van der Waals surface area contributed by atoms with E-state index < -0.39 is 6.10 Å². The van der Waals surface area contributed by atoms with Gasteiger partial charge in [0.2, 0.25) is 0 Å². The summed E-state index contributed by atoms with van der Waals surface area (Å²) in [5.74, 6) is 0.729. The SMILES string of the molecule is OC(CCC1CCNCC1)c1cc(-c2ccccc2)nc2ccccc12.